The number of carbonyl (C=O) groups is 5. The van der Waals surface area contributed by atoms with E-state index in [4.69, 9.17) is 0 Å². The van der Waals surface area contributed by atoms with Crippen molar-refractivity contribution in [1.82, 2.24) is 0 Å². The quantitative estimate of drug-likeness (QED) is 0.263. The van der Waals surface area contributed by atoms with Crippen LogP contribution < -0.4 is 0 Å². The van der Waals surface area contributed by atoms with Crippen LogP contribution in [0.1, 0.15) is 58.8 Å². The van der Waals surface area contributed by atoms with Gasteiger partial charge < -0.3 is 4.74 Å². The number of esters is 1. The number of unbranched alkanes of at least 4 members (excludes halogenated alkanes) is 5. The Balaban J connectivity index is 2.59. The Bertz CT molecular complexity index is 493. The molecule has 0 aromatic rings. The first kappa shape index (κ1) is 19.2. The molecule has 1 saturated carbocycles. The van der Waals surface area contributed by atoms with Crippen LogP contribution in [0.4, 0.5) is 0 Å². The molecule has 128 valence electrons. The Morgan fingerprint density at radius 1 is 0.913 bits per heavy atom. The van der Waals surface area contributed by atoms with Crippen LogP contribution in [0.25, 0.3) is 0 Å². The number of rotatable bonds is 10. The van der Waals surface area contributed by atoms with Crippen molar-refractivity contribution in [2.75, 3.05) is 6.61 Å². The van der Waals surface area contributed by atoms with Crippen molar-refractivity contribution >= 4 is 29.1 Å². The molecule has 0 spiro atoms. The zero-order valence-corrected chi connectivity index (χ0v) is 13.8. The summed E-state index contributed by atoms with van der Waals surface area (Å²) >= 11 is 0. The zero-order valence-electron chi connectivity index (χ0n) is 13.8. The first-order valence-corrected chi connectivity index (χ1v) is 8.28. The van der Waals surface area contributed by atoms with Gasteiger partial charge in [0.05, 0.1) is 12.5 Å². The second-order valence-corrected chi connectivity index (χ2v) is 5.76. The molecule has 6 nitrogen and oxygen atoms in total. The molecule has 1 rings (SSSR count). The molecule has 0 unspecified atom stereocenters. The highest BCUT2D eigenvalue weighted by atomic mass is 16.5. The molecule has 0 N–H and O–H groups in total. The van der Waals surface area contributed by atoms with E-state index in [2.05, 4.69) is 11.7 Å². The summed E-state index contributed by atoms with van der Waals surface area (Å²) in [6.07, 6.45) is 6.19. The number of hydrogen-bond donors (Lipinski definition) is 0. The van der Waals surface area contributed by atoms with E-state index in [0.717, 1.165) is 32.1 Å². The van der Waals surface area contributed by atoms with Gasteiger partial charge in [-0.05, 0) is 13.3 Å². The molecule has 23 heavy (non-hydrogen) atoms. The number of hydrogen-bond acceptors (Lipinski definition) is 6. The summed E-state index contributed by atoms with van der Waals surface area (Å²) in [7, 11) is 0. The maximum absolute atomic E-state index is 12.2. The highest BCUT2D eigenvalue weighted by Crippen LogP contribution is 2.27. The van der Waals surface area contributed by atoms with Crippen LogP contribution >= 0.6 is 0 Å². The minimum Gasteiger partial charge on any atom is -0.460 e. The second kappa shape index (κ2) is 9.33. The molecule has 0 aliphatic heterocycles. The third-order valence-corrected chi connectivity index (χ3v) is 4.03. The lowest BCUT2D eigenvalue weighted by atomic mass is 9.94. The van der Waals surface area contributed by atoms with Crippen LogP contribution in [0.3, 0.4) is 0 Å². The lowest BCUT2D eigenvalue weighted by molar-refractivity contribution is -0.157. The van der Waals surface area contributed by atoms with Gasteiger partial charge in [0.2, 0.25) is 11.6 Å². The molecule has 0 radical (unpaired) electrons. The molecule has 1 aliphatic rings. The van der Waals surface area contributed by atoms with Gasteiger partial charge >= 0.3 is 5.97 Å². The predicted molar refractivity (Wildman–Crippen MR) is 81.6 cm³/mol. The van der Waals surface area contributed by atoms with E-state index < -0.39 is 40.9 Å². The van der Waals surface area contributed by atoms with Crippen LogP contribution in [0.2, 0.25) is 0 Å². The van der Waals surface area contributed by atoms with Gasteiger partial charge in [0.15, 0.2) is 11.7 Å². The molecule has 0 bridgehead atoms. The number of ether oxygens (including phenoxy) is 1. The van der Waals surface area contributed by atoms with Crippen molar-refractivity contribution in [1.29, 1.82) is 0 Å². The summed E-state index contributed by atoms with van der Waals surface area (Å²) in [6, 6.07) is 0. The lowest BCUT2D eigenvalue weighted by Gasteiger charge is -2.07. The van der Waals surface area contributed by atoms with Crippen molar-refractivity contribution in [3.8, 4) is 0 Å². The molecule has 0 heterocycles. The Labute approximate surface area is 135 Å². The van der Waals surface area contributed by atoms with Gasteiger partial charge in [-0.3, -0.25) is 19.2 Å². The fourth-order valence-corrected chi connectivity index (χ4v) is 2.74. The van der Waals surface area contributed by atoms with E-state index in [1.165, 1.54) is 6.92 Å². The molecule has 1 fully saturated rings. The molecular formula is C17H24O6. The van der Waals surface area contributed by atoms with E-state index in [0.29, 0.717) is 6.42 Å². The average molecular weight is 324 g/mol. The fourth-order valence-electron chi connectivity index (χ4n) is 2.74. The molecule has 1 aliphatic carbocycles. The molecule has 0 saturated heterocycles. The van der Waals surface area contributed by atoms with E-state index in [9.17, 15) is 24.0 Å². The first-order valence-electron chi connectivity index (χ1n) is 8.28. The largest absolute Gasteiger partial charge is 0.460 e. The molecule has 6 heteroatoms. The summed E-state index contributed by atoms with van der Waals surface area (Å²) in [4.78, 5) is 59.2. The van der Waals surface area contributed by atoms with Gasteiger partial charge in [0.25, 0.3) is 5.78 Å². The smallest absolute Gasteiger partial charge is 0.375 e. The van der Waals surface area contributed by atoms with Crippen LogP contribution in [0, 0.1) is 11.8 Å². The number of Topliss-reactive ketones (excluding diaryl/α,β-unsaturated/α-hetero) is 4. The normalized spacial score (nSPS) is 20.9. The summed E-state index contributed by atoms with van der Waals surface area (Å²) in [5, 5.41) is 0. The van der Waals surface area contributed by atoms with E-state index in [-0.39, 0.29) is 13.0 Å². The van der Waals surface area contributed by atoms with Crippen molar-refractivity contribution < 1.29 is 28.7 Å². The first-order chi connectivity index (χ1) is 11.0. The van der Waals surface area contributed by atoms with E-state index in [1.807, 2.05) is 0 Å². The van der Waals surface area contributed by atoms with Crippen molar-refractivity contribution in [2.24, 2.45) is 11.8 Å². The van der Waals surface area contributed by atoms with Gasteiger partial charge in [-0.25, -0.2) is 4.79 Å². The van der Waals surface area contributed by atoms with Gasteiger partial charge in [-0.1, -0.05) is 45.4 Å². The summed E-state index contributed by atoms with van der Waals surface area (Å²) in [5.41, 5.74) is 0. The summed E-state index contributed by atoms with van der Waals surface area (Å²) < 4.78 is 4.52. The highest BCUT2D eigenvalue weighted by Gasteiger charge is 2.53. The lowest BCUT2D eigenvalue weighted by Crippen LogP contribution is -2.33. The maximum Gasteiger partial charge on any atom is 0.375 e. The average Bonchev–Trinajstić information content (AvgIpc) is 2.73. The van der Waals surface area contributed by atoms with Gasteiger partial charge in [0, 0.05) is 0 Å². The van der Waals surface area contributed by atoms with E-state index in [1.54, 1.807) is 0 Å². The Hall–Kier alpha value is -1.85. The zero-order chi connectivity index (χ0) is 17.4. The molecule has 0 amide bonds. The molecule has 0 aromatic carbocycles. The Morgan fingerprint density at radius 2 is 1.52 bits per heavy atom. The summed E-state index contributed by atoms with van der Waals surface area (Å²) in [5.74, 6) is -7.96. The second-order valence-electron chi connectivity index (χ2n) is 5.76. The Morgan fingerprint density at radius 3 is 2.13 bits per heavy atom. The van der Waals surface area contributed by atoms with Crippen molar-refractivity contribution in [2.45, 2.75) is 58.8 Å². The van der Waals surface area contributed by atoms with Crippen LogP contribution in [0.5, 0.6) is 0 Å². The van der Waals surface area contributed by atoms with Crippen LogP contribution in [-0.4, -0.2) is 35.7 Å². The number of carbonyl (C=O) groups excluding carboxylic acids is 5. The molecular weight excluding hydrogens is 300 g/mol. The topological polar surface area (TPSA) is 94.6 Å². The highest BCUT2D eigenvalue weighted by molar-refractivity contribution is 6.60. The van der Waals surface area contributed by atoms with Crippen LogP contribution in [0.15, 0.2) is 0 Å². The minimum atomic E-state index is -1.79. The monoisotopic (exact) mass is 324 g/mol. The standard InChI is InChI=1S/C17H24O6/c1-3-5-6-7-8-9-10-11-13(18)12(15(20)14(11)19)16(21)17(22)23-4-2/h11-12H,3-10H2,1-2H3/t11-,12+/m1/s1. The minimum absolute atomic E-state index is 0.0329. The van der Waals surface area contributed by atoms with Crippen molar-refractivity contribution in [3.05, 3.63) is 0 Å². The molecule has 2 atom stereocenters. The predicted octanol–water partition coefficient (Wildman–Crippen LogP) is 1.82. The van der Waals surface area contributed by atoms with Gasteiger partial charge in [-0.15, -0.1) is 0 Å². The third kappa shape index (κ3) is 4.81. The van der Waals surface area contributed by atoms with Gasteiger partial charge in [-0.2, -0.15) is 0 Å². The molecule has 0 aromatic heterocycles. The van der Waals surface area contributed by atoms with Crippen LogP contribution in [-0.2, 0) is 28.7 Å². The Kier molecular flexibility index (Phi) is 7.78. The third-order valence-electron chi connectivity index (χ3n) is 4.03. The number of ketones is 4. The van der Waals surface area contributed by atoms with Gasteiger partial charge in [0.1, 0.15) is 0 Å². The fraction of sp³-hybridized carbons (Fsp3) is 0.706. The maximum atomic E-state index is 12.2. The van der Waals surface area contributed by atoms with Crippen molar-refractivity contribution in [3.63, 3.8) is 0 Å². The van der Waals surface area contributed by atoms with E-state index >= 15 is 0 Å². The SMILES string of the molecule is CCCCCCCC[C@H]1C(=O)C(=O)[C@@H](C(=O)C(=O)OCC)C1=O. The summed E-state index contributed by atoms with van der Waals surface area (Å²) in [6.45, 7) is 3.59.